The van der Waals surface area contributed by atoms with Crippen molar-refractivity contribution >= 4 is 21.6 Å². The number of furan rings is 1. The van der Waals surface area contributed by atoms with Crippen LogP contribution in [-0.4, -0.2) is 20.1 Å². The molecule has 1 aromatic rings. The predicted molar refractivity (Wildman–Crippen MR) is 54.8 cm³/mol. The summed E-state index contributed by atoms with van der Waals surface area (Å²) in [7, 11) is -3.30. The Morgan fingerprint density at radius 3 is 2.86 bits per heavy atom. The van der Waals surface area contributed by atoms with Gasteiger partial charge in [-0.25, -0.2) is 13.1 Å². The standard InChI is InChI=1S/C8H12ClNO3S/c1-7(8-3-2-5-13-8)10-14(11,12)6-4-9/h2-3,5,7,10H,4,6H2,1H3/t7-/m0/s1. The molecule has 0 aliphatic carbocycles. The number of rotatable bonds is 5. The van der Waals surface area contributed by atoms with Gasteiger partial charge in [0, 0.05) is 5.88 Å². The van der Waals surface area contributed by atoms with Crippen LogP contribution in [-0.2, 0) is 10.0 Å². The monoisotopic (exact) mass is 237 g/mol. The minimum absolute atomic E-state index is 0.0835. The third-order valence-corrected chi connectivity index (χ3v) is 3.54. The van der Waals surface area contributed by atoms with Crippen LogP contribution in [0.5, 0.6) is 0 Å². The molecule has 0 aliphatic rings. The van der Waals surface area contributed by atoms with Crippen LogP contribution in [0.2, 0.25) is 0 Å². The van der Waals surface area contributed by atoms with E-state index in [0.717, 1.165) is 0 Å². The summed E-state index contributed by atoms with van der Waals surface area (Å²) in [5.74, 6) is 0.586. The van der Waals surface area contributed by atoms with Crippen molar-refractivity contribution in [3.8, 4) is 0 Å². The molecule has 0 saturated heterocycles. The lowest BCUT2D eigenvalue weighted by Gasteiger charge is -2.10. The van der Waals surface area contributed by atoms with Gasteiger partial charge in [-0.15, -0.1) is 11.6 Å². The highest BCUT2D eigenvalue weighted by Crippen LogP contribution is 2.13. The molecule has 1 atom stereocenters. The second kappa shape index (κ2) is 4.82. The van der Waals surface area contributed by atoms with Crippen LogP contribution in [0.4, 0.5) is 0 Å². The zero-order valence-electron chi connectivity index (χ0n) is 7.73. The maximum Gasteiger partial charge on any atom is 0.213 e. The third kappa shape index (κ3) is 3.32. The molecule has 0 aliphatic heterocycles. The van der Waals surface area contributed by atoms with Crippen molar-refractivity contribution in [3.05, 3.63) is 24.2 Å². The van der Waals surface area contributed by atoms with Crippen molar-refractivity contribution in [1.82, 2.24) is 4.72 Å². The molecule has 4 nitrogen and oxygen atoms in total. The molecule has 0 amide bonds. The van der Waals surface area contributed by atoms with E-state index in [4.69, 9.17) is 16.0 Å². The van der Waals surface area contributed by atoms with Crippen molar-refractivity contribution in [2.24, 2.45) is 0 Å². The molecule has 14 heavy (non-hydrogen) atoms. The fourth-order valence-corrected chi connectivity index (χ4v) is 2.61. The highest BCUT2D eigenvalue weighted by Gasteiger charge is 2.16. The molecule has 0 bridgehead atoms. The molecule has 0 aromatic carbocycles. The first-order chi connectivity index (χ1) is 6.55. The lowest BCUT2D eigenvalue weighted by atomic mass is 10.3. The van der Waals surface area contributed by atoms with Crippen LogP contribution in [0.3, 0.4) is 0 Å². The molecule has 80 valence electrons. The van der Waals surface area contributed by atoms with Gasteiger partial charge < -0.3 is 4.42 Å². The van der Waals surface area contributed by atoms with E-state index in [0.29, 0.717) is 5.76 Å². The molecule has 0 fully saturated rings. The zero-order chi connectivity index (χ0) is 10.6. The van der Waals surface area contributed by atoms with Crippen molar-refractivity contribution in [3.63, 3.8) is 0 Å². The van der Waals surface area contributed by atoms with Gasteiger partial charge in [0.2, 0.25) is 10.0 Å². The summed E-state index contributed by atoms with van der Waals surface area (Å²) in [6.45, 7) is 1.71. The van der Waals surface area contributed by atoms with Gasteiger partial charge in [0.1, 0.15) is 5.76 Å². The van der Waals surface area contributed by atoms with E-state index < -0.39 is 10.0 Å². The Hall–Kier alpha value is -0.520. The van der Waals surface area contributed by atoms with Crippen LogP contribution < -0.4 is 4.72 Å². The minimum atomic E-state index is -3.30. The van der Waals surface area contributed by atoms with E-state index in [9.17, 15) is 8.42 Å². The summed E-state index contributed by atoms with van der Waals surface area (Å²) in [4.78, 5) is 0. The molecular formula is C8H12ClNO3S. The van der Waals surface area contributed by atoms with E-state index >= 15 is 0 Å². The smallest absolute Gasteiger partial charge is 0.213 e. The summed E-state index contributed by atoms with van der Waals surface area (Å²) in [5, 5.41) is 0. The minimum Gasteiger partial charge on any atom is -0.468 e. The largest absolute Gasteiger partial charge is 0.468 e. The summed E-state index contributed by atoms with van der Waals surface area (Å²) >= 11 is 5.35. The molecule has 0 saturated carbocycles. The third-order valence-electron chi connectivity index (χ3n) is 1.67. The molecule has 1 heterocycles. The van der Waals surface area contributed by atoms with Gasteiger partial charge >= 0.3 is 0 Å². The highest BCUT2D eigenvalue weighted by molar-refractivity contribution is 7.89. The van der Waals surface area contributed by atoms with Gasteiger partial charge in [0.15, 0.2) is 0 Å². The molecule has 0 unspecified atom stereocenters. The fourth-order valence-electron chi connectivity index (χ4n) is 1.03. The van der Waals surface area contributed by atoms with Crippen molar-refractivity contribution < 1.29 is 12.8 Å². The Labute approximate surface area is 88.3 Å². The number of hydrogen-bond acceptors (Lipinski definition) is 3. The van der Waals surface area contributed by atoms with E-state index in [1.165, 1.54) is 6.26 Å². The van der Waals surface area contributed by atoms with Gasteiger partial charge in [0.05, 0.1) is 18.1 Å². The van der Waals surface area contributed by atoms with Crippen LogP contribution in [0, 0.1) is 0 Å². The first kappa shape index (κ1) is 11.6. The number of nitrogens with one attached hydrogen (secondary N) is 1. The van der Waals surface area contributed by atoms with E-state index in [1.54, 1.807) is 19.1 Å². The van der Waals surface area contributed by atoms with Gasteiger partial charge in [-0.05, 0) is 19.1 Å². The first-order valence-electron chi connectivity index (χ1n) is 4.14. The summed E-state index contributed by atoms with van der Waals surface area (Å²) in [6.07, 6.45) is 1.50. The number of hydrogen-bond donors (Lipinski definition) is 1. The van der Waals surface area contributed by atoms with Gasteiger partial charge in [-0.3, -0.25) is 0 Å². The van der Waals surface area contributed by atoms with Crippen LogP contribution >= 0.6 is 11.6 Å². The molecule has 0 spiro atoms. The molecule has 1 N–H and O–H groups in total. The average Bonchev–Trinajstić information content (AvgIpc) is 2.53. The lowest BCUT2D eigenvalue weighted by molar-refractivity contribution is 0.459. The van der Waals surface area contributed by atoms with Crippen molar-refractivity contribution in [2.75, 3.05) is 11.6 Å². The summed E-state index contributed by atoms with van der Waals surface area (Å²) < 4.78 is 30.1. The van der Waals surface area contributed by atoms with E-state index in [-0.39, 0.29) is 17.7 Å². The Kier molecular flexibility index (Phi) is 3.97. The lowest BCUT2D eigenvalue weighted by Crippen LogP contribution is -2.29. The molecule has 1 aromatic heterocycles. The SMILES string of the molecule is C[C@H](NS(=O)(=O)CCCl)c1ccco1. The molecular weight excluding hydrogens is 226 g/mol. The molecule has 1 rings (SSSR count). The summed E-state index contributed by atoms with van der Waals surface area (Å²) in [5.41, 5.74) is 0. The van der Waals surface area contributed by atoms with E-state index in [1.807, 2.05) is 0 Å². The molecule has 6 heteroatoms. The Balaban J connectivity index is 2.61. The zero-order valence-corrected chi connectivity index (χ0v) is 9.31. The second-order valence-corrected chi connectivity index (χ2v) is 5.11. The normalized spacial score (nSPS) is 14.1. The van der Waals surface area contributed by atoms with Crippen LogP contribution in [0.15, 0.2) is 22.8 Å². The average molecular weight is 238 g/mol. The molecule has 0 radical (unpaired) electrons. The van der Waals surface area contributed by atoms with E-state index in [2.05, 4.69) is 4.72 Å². The topological polar surface area (TPSA) is 59.3 Å². The number of alkyl halides is 1. The number of sulfonamides is 1. The maximum atomic E-state index is 11.3. The first-order valence-corrected chi connectivity index (χ1v) is 6.33. The van der Waals surface area contributed by atoms with Crippen molar-refractivity contribution in [1.29, 1.82) is 0 Å². The van der Waals surface area contributed by atoms with Crippen LogP contribution in [0.25, 0.3) is 0 Å². The highest BCUT2D eigenvalue weighted by atomic mass is 35.5. The Morgan fingerprint density at radius 1 is 1.64 bits per heavy atom. The fraction of sp³-hybridized carbons (Fsp3) is 0.500. The van der Waals surface area contributed by atoms with Gasteiger partial charge in [0.25, 0.3) is 0 Å². The quantitative estimate of drug-likeness (QED) is 0.790. The van der Waals surface area contributed by atoms with Gasteiger partial charge in [-0.2, -0.15) is 0 Å². The Bertz CT molecular complexity index is 360. The second-order valence-electron chi connectivity index (χ2n) is 2.86. The Morgan fingerprint density at radius 2 is 2.36 bits per heavy atom. The number of halogens is 1. The van der Waals surface area contributed by atoms with Gasteiger partial charge in [-0.1, -0.05) is 0 Å². The predicted octanol–water partition coefficient (Wildman–Crippen LogP) is 1.50. The maximum absolute atomic E-state index is 11.3. The summed E-state index contributed by atoms with van der Waals surface area (Å²) in [6, 6.07) is 3.06. The van der Waals surface area contributed by atoms with Crippen LogP contribution in [0.1, 0.15) is 18.7 Å². The van der Waals surface area contributed by atoms with Crippen molar-refractivity contribution in [2.45, 2.75) is 13.0 Å².